The number of nitrogens with one attached hydrogen (secondary N) is 1. The van der Waals surface area contributed by atoms with Crippen molar-refractivity contribution in [2.75, 3.05) is 13.2 Å². The van der Waals surface area contributed by atoms with Crippen LogP contribution in [0, 0.1) is 0 Å². The van der Waals surface area contributed by atoms with E-state index in [1.807, 2.05) is 12.1 Å². The molecule has 0 spiro atoms. The summed E-state index contributed by atoms with van der Waals surface area (Å²) in [4.78, 5) is 24.3. The molecular weight excluding hydrogens is 306 g/mol. The van der Waals surface area contributed by atoms with E-state index in [4.69, 9.17) is 9.47 Å². The molecule has 0 aromatic heterocycles. The summed E-state index contributed by atoms with van der Waals surface area (Å²) in [6.45, 7) is 4.80. The average molecular weight is 331 g/mol. The summed E-state index contributed by atoms with van der Waals surface area (Å²) in [6.07, 6.45) is 4.52. The summed E-state index contributed by atoms with van der Waals surface area (Å²) in [7, 11) is 0. The van der Waals surface area contributed by atoms with Gasteiger partial charge >= 0.3 is 0 Å². The number of amides is 1. The van der Waals surface area contributed by atoms with Crippen LogP contribution in [0.3, 0.4) is 0 Å². The quantitative estimate of drug-likeness (QED) is 0.901. The Morgan fingerprint density at radius 2 is 2.17 bits per heavy atom. The van der Waals surface area contributed by atoms with Gasteiger partial charge in [0.2, 0.25) is 0 Å². The molecule has 1 fully saturated rings. The van der Waals surface area contributed by atoms with Gasteiger partial charge < -0.3 is 14.8 Å². The van der Waals surface area contributed by atoms with Crippen molar-refractivity contribution in [3.05, 3.63) is 29.3 Å². The summed E-state index contributed by atoms with van der Waals surface area (Å²) in [6, 6.07) is 5.48. The van der Waals surface area contributed by atoms with E-state index < -0.39 is 5.60 Å². The van der Waals surface area contributed by atoms with E-state index >= 15 is 0 Å². The van der Waals surface area contributed by atoms with Gasteiger partial charge in [0.15, 0.2) is 11.4 Å². The van der Waals surface area contributed by atoms with Gasteiger partial charge in [-0.25, -0.2) is 0 Å². The summed E-state index contributed by atoms with van der Waals surface area (Å²) in [5, 5.41) is 2.91. The molecule has 5 heteroatoms. The third-order valence-corrected chi connectivity index (χ3v) is 4.66. The summed E-state index contributed by atoms with van der Waals surface area (Å²) < 4.78 is 11.4. The number of aryl methyl sites for hydroxylation is 1. The molecular formula is C19H25NO4. The number of ether oxygens (including phenoxy) is 2. The van der Waals surface area contributed by atoms with Gasteiger partial charge in [0.25, 0.3) is 5.91 Å². The maximum absolute atomic E-state index is 12.4. The highest BCUT2D eigenvalue weighted by atomic mass is 16.5. The Hall–Kier alpha value is -1.88. The second-order valence-corrected chi connectivity index (χ2v) is 7.05. The molecule has 24 heavy (non-hydrogen) atoms. The molecule has 5 nitrogen and oxygen atoms in total. The Bertz CT molecular complexity index is 632. The van der Waals surface area contributed by atoms with Gasteiger partial charge in [-0.2, -0.15) is 0 Å². The fraction of sp³-hybridized carbons (Fsp3) is 0.579. The molecule has 1 aliphatic carbocycles. The van der Waals surface area contributed by atoms with Crippen LogP contribution in [0.2, 0.25) is 0 Å². The number of fused-ring (bicyclic) bond motifs is 1. The Balaban J connectivity index is 1.62. The van der Waals surface area contributed by atoms with Crippen LogP contribution in [0.4, 0.5) is 0 Å². The average Bonchev–Trinajstić information content (AvgIpc) is 3.05. The predicted molar refractivity (Wildman–Crippen MR) is 90.4 cm³/mol. The zero-order chi connectivity index (χ0) is 17.2. The summed E-state index contributed by atoms with van der Waals surface area (Å²) >= 11 is 0. The summed E-state index contributed by atoms with van der Waals surface area (Å²) in [5.41, 5.74) is 0.819. The van der Waals surface area contributed by atoms with Crippen LogP contribution in [-0.4, -0.2) is 36.5 Å². The zero-order valence-electron chi connectivity index (χ0n) is 14.4. The molecule has 3 rings (SSSR count). The number of carbonyl (C=O) groups is 2. The lowest BCUT2D eigenvalue weighted by Crippen LogP contribution is -2.48. The van der Waals surface area contributed by atoms with E-state index in [2.05, 4.69) is 5.32 Å². The molecule has 0 bridgehead atoms. The van der Waals surface area contributed by atoms with E-state index in [0.717, 1.165) is 43.4 Å². The van der Waals surface area contributed by atoms with Gasteiger partial charge in [0, 0.05) is 25.1 Å². The maximum atomic E-state index is 12.4. The fourth-order valence-corrected chi connectivity index (χ4v) is 3.25. The second kappa shape index (κ2) is 6.93. The number of carbonyl (C=O) groups excluding carboxylic acids is 2. The molecule has 1 aromatic carbocycles. The molecule has 1 aliphatic heterocycles. The minimum Gasteiger partial charge on any atom is -0.478 e. The molecule has 1 amide bonds. The van der Waals surface area contributed by atoms with Gasteiger partial charge in [0.05, 0.1) is 6.10 Å². The topological polar surface area (TPSA) is 64.6 Å². The largest absolute Gasteiger partial charge is 0.478 e. The number of ketones is 1. The van der Waals surface area contributed by atoms with E-state index in [0.29, 0.717) is 18.7 Å². The van der Waals surface area contributed by atoms with E-state index in [-0.39, 0.29) is 17.8 Å². The lowest BCUT2D eigenvalue weighted by atomic mass is 9.90. The Kier molecular flexibility index (Phi) is 4.90. The Labute approximate surface area is 142 Å². The predicted octanol–water partition coefficient (Wildman–Crippen LogP) is 2.66. The Morgan fingerprint density at radius 1 is 1.33 bits per heavy atom. The molecule has 1 aromatic rings. The molecule has 130 valence electrons. The smallest absolute Gasteiger partial charge is 0.263 e. The normalized spacial score (nSPS) is 20.6. The van der Waals surface area contributed by atoms with Crippen LogP contribution in [0.5, 0.6) is 5.75 Å². The van der Waals surface area contributed by atoms with E-state index in [9.17, 15) is 9.59 Å². The SMILES string of the molecule is CC(C)(Oc1ccc2c(c1)CCCC2=O)C(=O)NC[C@H]1CCCO1. The molecule has 1 heterocycles. The van der Waals surface area contributed by atoms with Crippen molar-refractivity contribution in [3.8, 4) is 5.75 Å². The molecule has 0 saturated carbocycles. The number of hydrogen-bond acceptors (Lipinski definition) is 4. The minimum atomic E-state index is -0.981. The van der Waals surface area contributed by atoms with E-state index in [1.54, 1.807) is 19.9 Å². The third kappa shape index (κ3) is 3.78. The fourth-order valence-electron chi connectivity index (χ4n) is 3.25. The zero-order valence-corrected chi connectivity index (χ0v) is 14.4. The van der Waals surface area contributed by atoms with E-state index in [1.165, 1.54) is 0 Å². The number of benzene rings is 1. The second-order valence-electron chi connectivity index (χ2n) is 7.05. The first-order valence-corrected chi connectivity index (χ1v) is 8.71. The lowest BCUT2D eigenvalue weighted by Gasteiger charge is -2.27. The first-order valence-electron chi connectivity index (χ1n) is 8.71. The van der Waals surface area contributed by atoms with Crippen LogP contribution in [0.15, 0.2) is 18.2 Å². The van der Waals surface area contributed by atoms with Crippen molar-refractivity contribution < 1.29 is 19.1 Å². The maximum Gasteiger partial charge on any atom is 0.263 e. The van der Waals surface area contributed by atoms with Gasteiger partial charge in [-0.05, 0) is 63.3 Å². The first-order chi connectivity index (χ1) is 11.5. The van der Waals surface area contributed by atoms with Crippen molar-refractivity contribution in [1.82, 2.24) is 5.32 Å². The highest BCUT2D eigenvalue weighted by Crippen LogP contribution is 2.27. The van der Waals surface area contributed by atoms with Crippen molar-refractivity contribution in [3.63, 3.8) is 0 Å². The first kappa shape index (κ1) is 17.0. The van der Waals surface area contributed by atoms with Crippen LogP contribution >= 0.6 is 0 Å². The highest BCUT2D eigenvalue weighted by molar-refractivity contribution is 5.98. The molecule has 2 aliphatic rings. The Morgan fingerprint density at radius 3 is 2.92 bits per heavy atom. The van der Waals surface area contributed by atoms with Crippen LogP contribution in [-0.2, 0) is 16.0 Å². The van der Waals surface area contributed by atoms with Gasteiger partial charge in [-0.15, -0.1) is 0 Å². The van der Waals surface area contributed by atoms with Crippen molar-refractivity contribution in [2.24, 2.45) is 0 Å². The third-order valence-electron chi connectivity index (χ3n) is 4.66. The van der Waals surface area contributed by atoms with Crippen LogP contribution in [0.1, 0.15) is 55.5 Å². The molecule has 0 unspecified atom stereocenters. The van der Waals surface area contributed by atoms with Gasteiger partial charge in [0.1, 0.15) is 5.75 Å². The molecule has 1 N–H and O–H groups in total. The highest BCUT2D eigenvalue weighted by Gasteiger charge is 2.31. The van der Waals surface area contributed by atoms with Gasteiger partial charge in [-0.1, -0.05) is 0 Å². The lowest BCUT2D eigenvalue weighted by molar-refractivity contribution is -0.134. The molecule has 1 saturated heterocycles. The number of hydrogen-bond donors (Lipinski definition) is 1. The van der Waals surface area contributed by atoms with Crippen molar-refractivity contribution >= 4 is 11.7 Å². The van der Waals surface area contributed by atoms with Crippen LogP contribution in [0.25, 0.3) is 0 Å². The molecule has 0 radical (unpaired) electrons. The summed E-state index contributed by atoms with van der Waals surface area (Å²) in [5.74, 6) is 0.656. The molecule has 1 atom stereocenters. The minimum absolute atomic E-state index is 0.111. The van der Waals surface area contributed by atoms with Crippen LogP contribution < -0.4 is 10.1 Å². The number of rotatable bonds is 5. The monoisotopic (exact) mass is 331 g/mol. The van der Waals surface area contributed by atoms with Gasteiger partial charge in [-0.3, -0.25) is 9.59 Å². The van der Waals surface area contributed by atoms with Crippen molar-refractivity contribution in [2.45, 2.75) is 57.7 Å². The van der Waals surface area contributed by atoms with Crippen molar-refractivity contribution in [1.29, 1.82) is 0 Å². The number of Topliss-reactive ketones (excluding diaryl/α,β-unsaturated/α-hetero) is 1. The standard InChI is InChI=1S/C19H25NO4/c1-19(2,18(22)20-12-15-6-4-10-23-15)24-14-8-9-16-13(11-14)5-3-7-17(16)21/h8-9,11,15H,3-7,10,12H2,1-2H3,(H,20,22)/t15-/m1/s1.